The number of ketones is 1. The van der Waals surface area contributed by atoms with Gasteiger partial charge in [0.05, 0.1) is 17.2 Å². The fourth-order valence-electron chi connectivity index (χ4n) is 2.74. The maximum Gasteiger partial charge on any atom is 0.161 e. The van der Waals surface area contributed by atoms with E-state index < -0.39 is 0 Å². The number of ether oxygens (including phenoxy) is 1. The highest BCUT2D eigenvalue weighted by atomic mass is 16.5. The normalized spacial score (nSPS) is 22.4. The van der Waals surface area contributed by atoms with Crippen molar-refractivity contribution in [2.24, 2.45) is 0 Å². The third kappa shape index (κ3) is 2.83. The Morgan fingerprint density at radius 1 is 1.50 bits per heavy atom. The molecule has 0 aromatic heterocycles. The van der Waals surface area contributed by atoms with Crippen LogP contribution in [0.3, 0.4) is 0 Å². The van der Waals surface area contributed by atoms with Gasteiger partial charge in [-0.25, -0.2) is 0 Å². The number of nitriles is 1. The van der Waals surface area contributed by atoms with E-state index in [1.54, 1.807) is 32.2 Å². The van der Waals surface area contributed by atoms with E-state index in [2.05, 4.69) is 17.9 Å². The molecule has 1 atom stereocenters. The van der Waals surface area contributed by atoms with Crippen LogP contribution in [0.2, 0.25) is 0 Å². The van der Waals surface area contributed by atoms with Crippen molar-refractivity contribution in [2.45, 2.75) is 32.3 Å². The smallest absolute Gasteiger partial charge is 0.161 e. The molecule has 1 saturated heterocycles. The summed E-state index contributed by atoms with van der Waals surface area (Å²) >= 11 is 0. The van der Waals surface area contributed by atoms with Crippen LogP contribution < -0.4 is 4.90 Å². The molecule has 1 heterocycles. The zero-order valence-corrected chi connectivity index (χ0v) is 12.3. The molecule has 1 aliphatic rings. The van der Waals surface area contributed by atoms with Crippen LogP contribution in [-0.4, -0.2) is 31.6 Å². The molecule has 4 heteroatoms. The van der Waals surface area contributed by atoms with E-state index in [-0.39, 0.29) is 11.4 Å². The molecule has 1 aliphatic heterocycles. The molecule has 0 amide bonds. The number of anilines is 1. The molecule has 0 bridgehead atoms. The second-order valence-electron chi connectivity index (χ2n) is 5.58. The highest BCUT2D eigenvalue weighted by Gasteiger charge is 2.32. The lowest BCUT2D eigenvalue weighted by molar-refractivity contribution is -0.00469. The van der Waals surface area contributed by atoms with Gasteiger partial charge in [-0.05, 0) is 44.9 Å². The summed E-state index contributed by atoms with van der Waals surface area (Å²) in [5.41, 5.74) is 1.90. The molecule has 1 fully saturated rings. The average molecular weight is 272 g/mol. The van der Waals surface area contributed by atoms with Crippen molar-refractivity contribution in [1.29, 1.82) is 5.26 Å². The SMILES string of the molecule is COC1(C)CCCN(c2cc(C#N)ccc2C(C)=O)C1. The molecule has 1 aromatic rings. The monoisotopic (exact) mass is 272 g/mol. The highest BCUT2D eigenvalue weighted by Crippen LogP contribution is 2.31. The molecular weight excluding hydrogens is 252 g/mol. The lowest BCUT2D eigenvalue weighted by Gasteiger charge is -2.41. The number of rotatable bonds is 3. The third-order valence-electron chi connectivity index (χ3n) is 4.00. The van der Waals surface area contributed by atoms with Gasteiger partial charge in [-0.2, -0.15) is 5.26 Å². The van der Waals surface area contributed by atoms with E-state index in [1.807, 2.05) is 0 Å². The number of carbonyl (C=O) groups excluding carboxylic acids is 1. The molecule has 2 rings (SSSR count). The molecule has 0 N–H and O–H groups in total. The molecule has 1 aromatic carbocycles. The zero-order chi connectivity index (χ0) is 14.8. The second-order valence-corrected chi connectivity index (χ2v) is 5.58. The average Bonchev–Trinajstić information content (AvgIpc) is 2.46. The van der Waals surface area contributed by atoms with Crippen LogP contribution >= 0.6 is 0 Å². The van der Waals surface area contributed by atoms with Gasteiger partial charge >= 0.3 is 0 Å². The molecule has 0 aliphatic carbocycles. The van der Waals surface area contributed by atoms with Gasteiger partial charge in [0.2, 0.25) is 0 Å². The summed E-state index contributed by atoms with van der Waals surface area (Å²) in [5, 5.41) is 9.06. The molecule has 4 nitrogen and oxygen atoms in total. The van der Waals surface area contributed by atoms with Crippen molar-refractivity contribution < 1.29 is 9.53 Å². The highest BCUT2D eigenvalue weighted by molar-refractivity contribution is 6.00. The summed E-state index contributed by atoms with van der Waals surface area (Å²) in [7, 11) is 1.72. The van der Waals surface area contributed by atoms with Crippen molar-refractivity contribution in [2.75, 3.05) is 25.1 Å². The maximum absolute atomic E-state index is 11.8. The molecule has 20 heavy (non-hydrogen) atoms. The third-order valence-corrected chi connectivity index (χ3v) is 4.00. The molecular formula is C16H20N2O2. The van der Waals surface area contributed by atoms with E-state index in [1.165, 1.54) is 0 Å². The summed E-state index contributed by atoms with van der Waals surface area (Å²) in [4.78, 5) is 14.0. The van der Waals surface area contributed by atoms with Gasteiger partial charge < -0.3 is 9.64 Å². The van der Waals surface area contributed by atoms with Crippen LogP contribution in [0.4, 0.5) is 5.69 Å². The Bertz CT molecular complexity index is 562. The van der Waals surface area contributed by atoms with Gasteiger partial charge in [-0.3, -0.25) is 4.79 Å². The van der Waals surface area contributed by atoms with Crippen LogP contribution in [0, 0.1) is 11.3 Å². The van der Waals surface area contributed by atoms with Gasteiger partial charge in [-0.15, -0.1) is 0 Å². The van der Waals surface area contributed by atoms with Crippen molar-refractivity contribution in [3.8, 4) is 6.07 Å². The zero-order valence-electron chi connectivity index (χ0n) is 12.3. The van der Waals surface area contributed by atoms with Crippen LogP contribution in [0.15, 0.2) is 18.2 Å². The van der Waals surface area contributed by atoms with E-state index in [4.69, 9.17) is 10.00 Å². The topological polar surface area (TPSA) is 53.3 Å². The van der Waals surface area contributed by atoms with Gasteiger partial charge in [0.25, 0.3) is 0 Å². The van der Waals surface area contributed by atoms with Crippen molar-refractivity contribution in [1.82, 2.24) is 0 Å². The predicted molar refractivity (Wildman–Crippen MR) is 78.0 cm³/mol. The minimum absolute atomic E-state index is 0.0224. The Balaban J connectivity index is 2.40. The van der Waals surface area contributed by atoms with E-state index in [0.717, 1.165) is 31.6 Å². The van der Waals surface area contributed by atoms with Gasteiger partial charge in [-0.1, -0.05) is 0 Å². The fraction of sp³-hybridized carbons (Fsp3) is 0.500. The van der Waals surface area contributed by atoms with Gasteiger partial charge in [0.15, 0.2) is 5.78 Å². The first-order valence-corrected chi connectivity index (χ1v) is 6.84. The quantitative estimate of drug-likeness (QED) is 0.794. The summed E-state index contributed by atoms with van der Waals surface area (Å²) in [6.07, 6.45) is 2.02. The van der Waals surface area contributed by atoms with E-state index >= 15 is 0 Å². The van der Waals surface area contributed by atoms with E-state index in [9.17, 15) is 4.79 Å². The lowest BCUT2D eigenvalue weighted by Crippen LogP contribution is -2.47. The first kappa shape index (κ1) is 14.5. The fourth-order valence-corrected chi connectivity index (χ4v) is 2.74. The maximum atomic E-state index is 11.8. The Labute approximate surface area is 120 Å². The summed E-state index contributed by atoms with van der Waals surface area (Å²) in [5.74, 6) is 0.0224. The standard InChI is InChI=1S/C16H20N2O2/c1-12(19)14-6-5-13(10-17)9-15(14)18-8-4-7-16(2,11-18)20-3/h5-6,9H,4,7-8,11H2,1-3H3. The number of methoxy groups -OCH3 is 1. The Morgan fingerprint density at radius 2 is 2.25 bits per heavy atom. The first-order valence-electron chi connectivity index (χ1n) is 6.84. The predicted octanol–water partition coefficient (Wildman–Crippen LogP) is 2.77. The largest absolute Gasteiger partial charge is 0.377 e. The Morgan fingerprint density at radius 3 is 2.85 bits per heavy atom. The number of hydrogen-bond acceptors (Lipinski definition) is 4. The van der Waals surface area contributed by atoms with Crippen LogP contribution in [0.1, 0.15) is 42.6 Å². The number of carbonyl (C=O) groups is 1. The molecule has 0 spiro atoms. The number of benzene rings is 1. The van der Waals surface area contributed by atoms with Crippen LogP contribution in [0.25, 0.3) is 0 Å². The lowest BCUT2D eigenvalue weighted by atomic mass is 9.93. The second kappa shape index (κ2) is 5.64. The van der Waals surface area contributed by atoms with E-state index in [0.29, 0.717) is 11.1 Å². The van der Waals surface area contributed by atoms with Crippen LogP contribution in [0.5, 0.6) is 0 Å². The van der Waals surface area contributed by atoms with Crippen molar-refractivity contribution in [3.05, 3.63) is 29.3 Å². The number of nitrogens with zero attached hydrogens (tertiary/aromatic N) is 2. The number of hydrogen-bond donors (Lipinski definition) is 0. The van der Waals surface area contributed by atoms with Gasteiger partial charge in [0.1, 0.15) is 0 Å². The minimum atomic E-state index is -0.199. The Hall–Kier alpha value is -1.86. The summed E-state index contributed by atoms with van der Waals surface area (Å²) < 4.78 is 5.60. The summed E-state index contributed by atoms with van der Waals surface area (Å²) in [6, 6.07) is 7.38. The summed E-state index contributed by atoms with van der Waals surface area (Å²) in [6.45, 7) is 5.26. The number of piperidine rings is 1. The van der Waals surface area contributed by atoms with Crippen molar-refractivity contribution >= 4 is 11.5 Å². The molecule has 0 radical (unpaired) electrons. The minimum Gasteiger partial charge on any atom is -0.377 e. The molecule has 0 saturated carbocycles. The van der Waals surface area contributed by atoms with Crippen LogP contribution in [-0.2, 0) is 4.74 Å². The molecule has 1 unspecified atom stereocenters. The number of Topliss-reactive ketones (excluding diaryl/α,β-unsaturated/α-hetero) is 1. The van der Waals surface area contributed by atoms with Crippen molar-refractivity contribution in [3.63, 3.8) is 0 Å². The molecule has 106 valence electrons. The first-order chi connectivity index (χ1) is 9.49. The Kier molecular flexibility index (Phi) is 4.10. The van der Waals surface area contributed by atoms with Gasteiger partial charge in [0, 0.05) is 31.5 Å².